The predicted molar refractivity (Wildman–Crippen MR) is 136 cm³/mol. The van der Waals surface area contributed by atoms with Crippen molar-refractivity contribution in [2.24, 2.45) is 0 Å². The minimum atomic E-state index is -0.589. The number of carbonyl (C=O) groups excluding carboxylic acids is 3. The SMILES string of the molecule is COc1ccc(-c2ccc(/C=C3/SC(=O)N(CC(=O)N4CCc5ccccc5C4)C3=O)o2)c([N+](=O)[O-])c1. The average Bonchev–Trinajstić information content (AvgIpc) is 3.47. The van der Waals surface area contributed by atoms with Crippen molar-refractivity contribution in [1.29, 1.82) is 0 Å². The molecule has 2 aliphatic rings. The van der Waals surface area contributed by atoms with Gasteiger partial charge in [-0.2, -0.15) is 0 Å². The predicted octanol–water partition coefficient (Wildman–Crippen LogP) is 4.48. The first kappa shape index (κ1) is 24.3. The highest BCUT2D eigenvalue weighted by Gasteiger charge is 2.37. The number of carbonyl (C=O) groups is 3. The van der Waals surface area contributed by atoms with Gasteiger partial charge in [0.15, 0.2) is 0 Å². The van der Waals surface area contributed by atoms with Gasteiger partial charge in [0, 0.05) is 19.2 Å². The highest BCUT2D eigenvalue weighted by Crippen LogP contribution is 2.36. The molecule has 0 bridgehead atoms. The van der Waals surface area contributed by atoms with Crippen LogP contribution in [0.2, 0.25) is 0 Å². The maximum absolute atomic E-state index is 12.9. The molecule has 1 saturated heterocycles. The van der Waals surface area contributed by atoms with Crippen molar-refractivity contribution in [3.05, 3.63) is 86.5 Å². The molecule has 1 fully saturated rings. The van der Waals surface area contributed by atoms with Gasteiger partial charge in [-0.15, -0.1) is 0 Å². The molecule has 0 atom stereocenters. The molecule has 0 saturated carbocycles. The van der Waals surface area contributed by atoms with E-state index in [1.165, 1.54) is 30.9 Å². The Morgan fingerprint density at radius 2 is 1.95 bits per heavy atom. The lowest BCUT2D eigenvalue weighted by atomic mass is 10.00. The van der Waals surface area contributed by atoms with E-state index in [1.807, 2.05) is 24.3 Å². The smallest absolute Gasteiger partial charge is 0.294 e. The number of fused-ring (bicyclic) bond motifs is 1. The van der Waals surface area contributed by atoms with Crippen molar-refractivity contribution < 1.29 is 28.5 Å². The first-order valence-electron chi connectivity index (χ1n) is 11.4. The van der Waals surface area contributed by atoms with Gasteiger partial charge < -0.3 is 14.1 Å². The van der Waals surface area contributed by atoms with Crippen molar-refractivity contribution in [2.45, 2.75) is 13.0 Å². The van der Waals surface area contributed by atoms with Gasteiger partial charge in [0.05, 0.1) is 28.6 Å². The van der Waals surface area contributed by atoms with Crippen LogP contribution in [0.1, 0.15) is 16.9 Å². The monoisotopic (exact) mass is 519 g/mol. The van der Waals surface area contributed by atoms with Gasteiger partial charge in [-0.25, -0.2) is 0 Å². The number of nitro groups is 1. The number of hydrogen-bond donors (Lipinski definition) is 0. The van der Waals surface area contributed by atoms with E-state index in [4.69, 9.17) is 9.15 Å². The molecular formula is C26H21N3O7S. The summed E-state index contributed by atoms with van der Waals surface area (Å²) in [6.07, 6.45) is 2.11. The summed E-state index contributed by atoms with van der Waals surface area (Å²) in [4.78, 5) is 52.0. The lowest BCUT2D eigenvalue weighted by Crippen LogP contribution is -2.44. The Labute approximate surface area is 215 Å². The molecule has 37 heavy (non-hydrogen) atoms. The van der Waals surface area contributed by atoms with E-state index in [9.17, 15) is 24.5 Å². The van der Waals surface area contributed by atoms with Crippen LogP contribution in [0.15, 0.2) is 63.9 Å². The number of rotatable bonds is 6. The van der Waals surface area contributed by atoms with Crippen LogP contribution in [-0.4, -0.2) is 52.0 Å². The third-order valence-electron chi connectivity index (χ3n) is 6.22. The van der Waals surface area contributed by atoms with Crippen molar-refractivity contribution in [2.75, 3.05) is 20.2 Å². The summed E-state index contributed by atoms with van der Waals surface area (Å²) < 4.78 is 10.8. The highest BCUT2D eigenvalue weighted by molar-refractivity contribution is 8.18. The zero-order valence-corrected chi connectivity index (χ0v) is 20.5. The van der Waals surface area contributed by atoms with Crippen molar-refractivity contribution in [3.8, 4) is 17.1 Å². The zero-order valence-electron chi connectivity index (χ0n) is 19.7. The Morgan fingerprint density at radius 1 is 1.16 bits per heavy atom. The van der Waals surface area contributed by atoms with Gasteiger partial charge in [-0.3, -0.25) is 29.4 Å². The molecule has 5 rings (SSSR count). The van der Waals surface area contributed by atoms with Crippen LogP contribution in [0, 0.1) is 10.1 Å². The second-order valence-corrected chi connectivity index (χ2v) is 9.44. The first-order valence-corrected chi connectivity index (χ1v) is 12.2. The van der Waals surface area contributed by atoms with E-state index < -0.39 is 16.1 Å². The molecule has 3 aromatic rings. The topological polar surface area (TPSA) is 123 Å². The van der Waals surface area contributed by atoms with Crippen LogP contribution in [0.5, 0.6) is 5.75 Å². The summed E-state index contributed by atoms with van der Waals surface area (Å²) in [5.41, 5.74) is 2.30. The van der Waals surface area contributed by atoms with Crippen LogP contribution in [0.4, 0.5) is 10.5 Å². The maximum atomic E-state index is 12.9. The molecule has 11 heteroatoms. The van der Waals surface area contributed by atoms with Gasteiger partial charge in [0.1, 0.15) is 23.8 Å². The number of hydrogen-bond acceptors (Lipinski definition) is 8. The quantitative estimate of drug-likeness (QED) is 0.265. The van der Waals surface area contributed by atoms with Crippen LogP contribution in [0.25, 0.3) is 17.4 Å². The zero-order chi connectivity index (χ0) is 26.1. The fourth-order valence-electron chi connectivity index (χ4n) is 4.28. The molecule has 0 aliphatic carbocycles. The van der Waals surface area contributed by atoms with E-state index in [2.05, 4.69) is 0 Å². The molecule has 0 radical (unpaired) electrons. The minimum Gasteiger partial charge on any atom is -0.497 e. The first-order chi connectivity index (χ1) is 17.8. The van der Waals surface area contributed by atoms with Gasteiger partial charge in [0.25, 0.3) is 16.8 Å². The molecule has 3 heterocycles. The van der Waals surface area contributed by atoms with Crippen LogP contribution in [-0.2, 0) is 22.6 Å². The number of benzene rings is 2. The molecule has 1 aromatic heterocycles. The van der Waals surface area contributed by atoms with Gasteiger partial charge >= 0.3 is 0 Å². The number of furan rings is 1. The van der Waals surface area contributed by atoms with E-state index >= 15 is 0 Å². The maximum Gasteiger partial charge on any atom is 0.294 e. The molecule has 2 aliphatic heterocycles. The van der Waals surface area contributed by atoms with Crippen LogP contribution in [0.3, 0.4) is 0 Å². The summed E-state index contributed by atoms with van der Waals surface area (Å²) in [5.74, 6) is -0.0940. The lowest BCUT2D eigenvalue weighted by Gasteiger charge is -2.29. The molecule has 2 aromatic carbocycles. The number of thioether (sulfide) groups is 1. The van der Waals surface area contributed by atoms with E-state index in [-0.39, 0.29) is 40.1 Å². The van der Waals surface area contributed by atoms with Crippen LogP contribution >= 0.6 is 11.8 Å². The molecule has 0 unspecified atom stereocenters. The highest BCUT2D eigenvalue weighted by atomic mass is 32.2. The molecule has 10 nitrogen and oxygen atoms in total. The molecule has 188 valence electrons. The van der Waals surface area contributed by atoms with E-state index in [1.54, 1.807) is 23.1 Å². The Balaban J connectivity index is 1.30. The fraction of sp³-hybridized carbons (Fsp3) is 0.192. The normalized spacial score (nSPS) is 16.3. The van der Waals surface area contributed by atoms with E-state index in [0.29, 0.717) is 30.6 Å². The molecule has 0 spiro atoms. The minimum absolute atomic E-state index is 0.104. The Hall–Kier alpha value is -4.38. The summed E-state index contributed by atoms with van der Waals surface area (Å²) in [7, 11) is 1.41. The summed E-state index contributed by atoms with van der Waals surface area (Å²) in [6.45, 7) is 0.619. The Bertz CT molecular complexity index is 1460. The third kappa shape index (κ3) is 4.85. The number of ether oxygens (including phenoxy) is 1. The molecule has 3 amide bonds. The second-order valence-electron chi connectivity index (χ2n) is 8.44. The van der Waals surface area contributed by atoms with Gasteiger partial charge in [-0.1, -0.05) is 24.3 Å². The van der Waals surface area contributed by atoms with E-state index in [0.717, 1.165) is 16.9 Å². The lowest BCUT2D eigenvalue weighted by molar-refractivity contribution is -0.384. The second kappa shape index (κ2) is 9.94. The largest absolute Gasteiger partial charge is 0.497 e. The fourth-order valence-corrected chi connectivity index (χ4v) is 5.10. The summed E-state index contributed by atoms with van der Waals surface area (Å²) in [6, 6.07) is 15.4. The number of imide groups is 1. The number of nitrogens with zero attached hydrogens (tertiary/aromatic N) is 3. The number of amides is 3. The van der Waals surface area contributed by atoms with Gasteiger partial charge in [-0.05, 0) is 53.6 Å². The molecular weight excluding hydrogens is 498 g/mol. The van der Waals surface area contributed by atoms with Crippen molar-refractivity contribution in [1.82, 2.24) is 9.80 Å². The Morgan fingerprint density at radius 3 is 2.70 bits per heavy atom. The Kier molecular flexibility index (Phi) is 6.53. The summed E-state index contributed by atoms with van der Waals surface area (Å²) in [5, 5.41) is 11.0. The third-order valence-corrected chi connectivity index (χ3v) is 7.12. The summed E-state index contributed by atoms with van der Waals surface area (Å²) >= 11 is 0.715. The number of nitro benzene ring substituents is 1. The van der Waals surface area contributed by atoms with Crippen LogP contribution < -0.4 is 4.74 Å². The van der Waals surface area contributed by atoms with Gasteiger partial charge in [0.2, 0.25) is 5.91 Å². The number of methoxy groups -OCH3 is 1. The molecule has 0 N–H and O–H groups in total. The standard InChI is InChI=1S/C26H21N3O7S/c1-35-18-6-8-20(21(12-18)29(33)34)22-9-7-19(36-22)13-23-25(31)28(26(32)37-23)15-24(30)27-11-10-16-4-2-3-5-17(16)14-27/h2-9,12-13H,10-11,14-15H2,1H3/b23-13+. The van der Waals surface area contributed by atoms with Crippen molar-refractivity contribution >= 4 is 40.6 Å². The van der Waals surface area contributed by atoms with Crippen molar-refractivity contribution in [3.63, 3.8) is 0 Å². The average molecular weight is 520 g/mol.